The standard InChI is InChI=1S/C42H86O/c1-5-7-9-11-13-15-17-19-21-23-25-27-29-31-33-35-41(3)37-39-43-40-38-42(4)36-34-32-30-28-26-24-22-20-18-16-14-12-10-8-6-2/h41-42H,5-40H2,1-4H3. The monoisotopic (exact) mass is 607 g/mol. The summed E-state index contributed by atoms with van der Waals surface area (Å²) in [7, 11) is 0. The van der Waals surface area contributed by atoms with Crippen LogP contribution in [0.1, 0.15) is 246 Å². The van der Waals surface area contributed by atoms with Crippen molar-refractivity contribution in [3.8, 4) is 0 Å². The van der Waals surface area contributed by atoms with Crippen LogP contribution in [-0.4, -0.2) is 13.2 Å². The third kappa shape index (κ3) is 38.1. The second kappa shape index (κ2) is 38.1. The van der Waals surface area contributed by atoms with Crippen LogP contribution >= 0.6 is 0 Å². The predicted molar refractivity (Wildman–Crippen MR) is 197 cm³/mol. The number of hydrogen-bond acceptors (Lipinski definition) is 1. The van der Waals surface area contributed by atoms with Gasteiger partial charge < -0.3 is 4.74 Å². The van der Waals surface area contributed by atoms with Gasteiger partial charge in [-0.3, -0.25) is 0 Å². The predicted octanol–water partition coefficient (Wildman–Crippen LogP) is 15.6. The summed E-state index contributed by atoms with van der Waals surface area (Å²) in [6.45, 7) is 11.4. The smallest absolute Gasteiger partial charge is 0.0468 e. The van der Waals surface area contributed by atoms with Gasteiger partial charge >= 0.3 is 0 Å². The molecular weight excluding hydrogens is 520 g/mol. The first kappa shape index (κ1) is 43.0. The van der Waals surface area contributed by atoms with Gasteiger partial charge in [0.2, 0.25) is 0 Å². The van der Waals surface area contributed by atoms with E-state index in [0.29, 0.717) is 0 Å². The SMILES string of the molecule is CCCCCCCCCCCCCCCCCC(C)CCOCCC(C)CCCCCCCCCCCCCCCCC. The topological polar surface area (TPSA) is 9.23 Å². The maximum absolute atomic E-state index is 6.03. The molecular formula is C42H86O. The van der Waals surface area contributed by atoms with Crippen LogP contribution in [0.25, 0.3) is 0 Å². The van der Waals surface area contributed by atoms with Crippen LogP contribution in [0.4, 0.5) is 0 Å². The Kier molecular flexibility index (Phi) is 38.1. The first-order valence-corrected chi connectivity index (χ1v) is 20.8. The molecule has 0 radical (unpaired) electrons. The van der Waals surface area contributed by atoms with Crippen LogP contribution in [0.2, 0.25) is 0 Å². The Bertz CT molecular complexity index is 432. The van der Waals surface area contributed by atoms with Crippen molar-refractivity contribution in [3.63, 3.8) is 0 Å². The van der Waals surface area contributed by atoms with E-state index in [4.69, 9.17) is 4.74 Å². The van der Waals surface area contributed by atoms with Crippen LogP contribution in [0.5, 0.6) is 0 Å². The molecule has 0 saturated carbocycles. The lowest BCUT2D eigenvalue weighted by molar-refractivity contribution is 0.108. The van der Waals surface area contributed by atoms with E-state index in [1.54, 1.807) is 0 Å². The molecule has 0 aliphatic rings. The second-order valence-corrected chi connectivity index (χ2v) is 14.9. The van der Waals surface area contributed by atoms with Crippen molar-refractivity contribution < 1.29 is 4.74 Å². The molecule has 0 fully saturated rings. The molecule has 1 heteroatoms. The van der Waals surface area contributed by atoms with Gasteiger partial charge in [0.1, 0.15) is 0 Å². The van der Waals surface area contributed by atoms with E-state index in [2.05, 4.69) is 27.7 Å². The quantitative estimate of drug-likeness (QED) is 0.0635. The maximum atomic E-state index is 6.03. The molecule has 0 aromatic rings. The van der Waals surface area contributed by atoms with Crippen molar-refractivity contribution in [3.05, 3.63) is 0 Å². The van der Waals surface area contributed by atoms with E-state index in [1.165, 1.54) is 218 Å². The van der Waals surface area contributed by atoms with Gasteiger partial charge in [-0.2, -0.15) is 0 Å². The van der Waals surface area contributed by atoms with Crippen molar-refractivity contribution in [1.82, 2.24) is 0 Å². The Labute approximate surface area is 275 Å². The number of rotatable bonds is 38. The number of ether oxygens (including phenoxy) is 1. The van der Waals surface area contributed by atoms with Crippen LogP contribution in [-0.2, 0) is 4.74 Å². The van der Waals surface area contributed by atoms with Crippen LogP contribution in [0.15, 0.2) is 0 Å². The molecule has 2 atom stereocenters. The highest BCUT2D eigenvalue weighted by Gasteiger charge is 2.05. The third-order valence-electron chi connectivity index (χ3n) is 10.1. The highest BCUT2D eigenvalue weighted by atomic mass is 16.5. The third-order valence-corrected chi connectivity index (χ3v) is 10.1. The molecule has 0 spiro atoms. The molecule has 0 aromatic carbocycles. The molecule has 0 N–H and O–H groups in total. The molecule has 0 aliphatic heterocycles. The minimum atomic E-state index is 0.833. The Morgan fingerprint density at radius 2 is 0.488 bits per heavy atom. The zero-order valence-corrected chi connectivity index (χ0v) is 31.0. The van der Waals surface area contributed by atoms with Gasteiger partial charge in [-0.15, -0.1) is 0 Å². The Balaban J connectivity index is 3.24. The summed E-state index contributed by atoms with van der Waals surface area (Å²) in [5, 5.41) is 0. The molecule has 43 heavy (non-hydrogen) atoms. The van der Waals surface area contributed by atoms with Crippen molar-refractivity contribution in [1.29, 1.82) is 0 Å². The van der Waals surface area contributed by atoms with Crippen LogP contribution < -0.4 is 0 Å². The first-order chi connectivity index (χ1) is 21.2. The average Bonchev–Trinajstić information content (AvgIpc) is 3.00. The molecule has 0 amide bonds. The largest absolute Gasteiger partial charge is 0.381 e. The molecule has 0 aliphatic carbocycles. The van der Waals surface area contributed by atoms with Gasteiger partial charge in [-0.25, -0.2) is 0 Å². The van der Waals surface area contributed by atoms with Crippen LogP contribution in [0, 0.1) is 11.8 Å². The number of unbranched alkanes of at least 4 members (excludes halogenated alkanes) is 28. The first-order valence-electron chi connectivity index (χ1n) is 20.8. The fraction of sp³-hybridized carbons (Fsp3) is 1.00. The van der Waals surface area contributed by atoms with Gasteiger partial charge in [0.05, 0.1) is 0 Å². The average molecular weight is 607 g/mol. The molecule has 1 nitrogen and oxygen atoms in total. The van der Waals surface area contributed by atoms with Gasteiger partial charge in [0.15, 0.2) is 0 Å². The molecule has 2 unspecified atom stereocenters. The summed E-state index contributed by atoms with van der Waals surface area (Å²) in [6.07, 6.45) is 49.0. The van der Waals surface area contributed by atoms with Gasteiger partial charge in [0.25, 0.3) is 0 Å². The fourth-order valence-corrected chi connectivity index (χ4v) is 6.69. The van der Waals surface area contributed by atoms with Gasteiger partial charge in [-0.05, 0) is 24.7 Å². The maximum Gasteiger partial charge on any atom is 0.0468 e. The lowest BCUT2D eigenvalue weighted by atomic mass is 9.98. The fourth-order valence-electron chi connectivity index (χ4n) is 6.69. The summed E-state index contributed by atoms with van der Waals surface area (Å²) in [5.41, 5.74) is 0. The van der Waals surface area contributed by atoms with E-state index < -0.39 is 0 Å². The Hall–Kier alpha value is -0.0400. The summed E-state index contributed by atoms with van der Waals surface area (Å²) in [5.74, 6) is 1.67. The zero-order valence-electron chi connectivity index (χ0n) is 31.0. The van der Waals surface area contributed by atoms with Crippen molar-refractivity contribution in [2.24, 2.45) is 11.8 Å². The van der Waals surface area contributed by atoms with Crippen LogP contribution in [0.3, 0.4) is 0 Å². The molecule has 0 rings (SSSR count). The highest BCUT2D eigenvalue weighted by Crippen LogP contribution is 2.19. The second-order valence-electron chi connectivity index (χ2n) is 14.9. The summed E-state index contributed by atoms with van der Waals surface area (Å²) in [4.78, 5) is 0. The van der Waals surface area contributed by atoms with Crippen molar-refractivity contribution in [2.45, 2.75) is 246 Å². The molecule has 0 saturated heterocycles. The van der Waals surface area contributed by atoms with E-state index >= 15 is 0 Å². The van der Waals surface area contributed by atoms with E-state index in [9.17, 15) is 0 Å². The van der Waals surface area contributed by atoms with Gasteiger partial charge in [0, 0.05) is 13.2 Å². The summed E-state index contributed by atoms with van der Waals surface area (Å²) < 4.78 is 6.03. The van der Waals surface area contributed by atoms with Gasteiger partial charge in [-0.1, -0.05) is 233 Å². The highest BCUT2D eigenvalue weighted by molar-refractivity contribution is 4.57. The lowest BCUT2D eigenvalue weighted by Crippen LogP contribution is -2.06. The molecule has 0 bridgehead atoms. The summed E-state index contributed by atoms with van der Waals surface area (Å²) >= 11 is 0. The normalized spacial score (nSPS) is 13.1. The van der Waals surface area contributed by atoms with Crippen molar-refractivity contribution in [2.75, 3.05) is 13.2 Å². The van der Waals surface area contributed by atoms with E-state index in [-0.39, 0.29) is 0 Å². The molecule has 0 aromatic heterocycles. The molecule has 0 heterocycles. The van der Waals surface area contributed by atoms with Crippen molar-refractivity contribution >= 4 is 0 Å². The molecule has 260 valence electrons. The van der Waals surface area contributed by atoms with E-state index in [0.717, 1.165) is 25.0 Å². The Morgan fingerprint density at radius 3 is 0.721 bits per heavy atom. The lowest BCUT2D eigenvalue weighted by Gasteiger charge is -2.14. The summed E-state index contributed by atoms with van der Waals surface area (Å²) in [6, 6.07) is 0. The minimum Gasteiger partial charge on any atom is -0.381 e. The van der Waals surface area contributed by atoms with E-state index in [1.807, 2.05) is 0 Å². The minimum absolute atomic E-state index is 0.833. The zero-order chi connectivity index (χ0) is 31.3. The number of hydrogen-bond donors (Lipinski definition) is 0. The Morgan fingerprint density at radius 1 is 0.279 bits per heavy atom.